The third kappa shape index (κ3) is 8.37. The maximum absolute atomic E-state index is 9.81. The minimum atomic E-state index is -2.69. The molecule has 1 saturated heterocycles. The molecule has 1 unspecified atom stereocenters. The molecule has 3 rings (SSSR count). The van der Waals surface area contributed by atoms with Gasteiger partial charge in [0.15, 0.2) is 14.1 Å². The number of rotatable bonds is 12. The minimum absolute atomic E-state index is 0.0336. The topological polar surface area (TPSA) is 57.2 Å². The number of benzene rings is 2. The highest BCUT2D eigenvalue weighted by atomic mass is 28.4. The molecule has 240 valence electrons. The lowest BCUT2D eigenvalue weighted by molar-refractivity contribution is -0.152. The Kier molecular flexibility index (Phi) is 11.5. The van der Waals surface area contributed by atoms with Crippen molar-refractivity contribution in [2.24, 2.45) is 5.92 Å². The maximum atomic E-state index is 9.81. The summed E-state index contributed by atoms with van der Waals surface area (Å²) in [5.74, 6) is -0.627. The molecular weight excluding hydrogens is 569 g/mol. The zero-order chi connectivity index (χ0) is 32.3. The average molecular weight is 627 g/mol. The molecule has 2 aromatic carbocycles. The van der Waals surface area contributed by atoms with Crippen LogP contribution in [0.2, 0.25) is 23.2 Å². The van der Waals surface area contributed by atoms with E-state index < -0.39 is 22.4 Å². The van der Waals surface area contributed by atoms with Gasteiger partial charge in [-0.05, 0) is 66.7 Å². The largest absolute Gasteiger partial charge is 0.408 e. The summed E-state index contributed by atoms with van der Waals surface area (Å²) in [4.78, 5) is 0. The molecule has 1 aliphatic rings. The second-order valence-electron chi connectivity index (χ2n) is 15.2. The molecule has 5 atom stereocenters. The predicted molar refractivity (Wildman–Crippen MR) is 184 cm³/mol. The van der Waals surface area contributed by atoms with Gasteiger partial charge in [-0.3, -0.25) is 0 Å². The van der Waals surface area contributed by atoms with E-state index >= 15 is 0 Å². The van der Waals surface area contributed by atoms with Crippen LogP contribution in [0.3, 0.4) is 0 Å². The molecule has 0 amide bonds. The van der Waals surface area contributed by atoms with Crippen LogP contribution in [0.15, 0.2) is 72.8 Å². The maximum Gasteiger partial charge on any atom is 0.261 e. The van der Waals surface area contributed by atoms with Gasteiger partial charge < -0.3 is 23.4 Å². The van der Waals surface area contributed by atoms with Gasteiger partial charge in [-0.2, -0.15) is 0 Å². The van der Waals surface area contributed by atoms with Crippen LogP contribution in [0.5, 0.6) is 0 Å². The predicted octanol–water partition coefficient (Wildman–Crippen LogP) is 7.44. The van der Waals surface area contributed by atoms with Crippen molar-refractivity contribution in [1.82, 2.24) is 0 Å². The smallest absolute Gasteiger partial charge is 0.261 e. The van der Waals surface area contributed by atoms with E-state index in [-0.39, 0.29) is 47.0 Å². The van der Waals surface area contributed by atoms with E-state index in [1.165, 1.54) is 10.4 Å². The summed E-state index contributed by atoms with van der Waals surface area (Å²) in [6.07, 6.45) is 4.00. The number of ether oxygens (including phenoxy) is 2. The van der Waals surface area contributed by atoms with Crippen LogP contribution in [0.25, 0.3) is 0 Å². The Hall–Kier alpha value is -1.59. The molecule has 1 aliphatic heterocycles. The van der Waals surface area contributed by atoms with Crippen molar-refractivity contribution < 1.29 is 23.4 Å². The van der Waals surface area contributed by atoms with E-state index in [0.717, 1.165) is 0 Å². The number of aliphatic hydroxyl groups excluding tert-OH is 1. The van der Waals surface area contributed by atoms with Gasteiger partial charge in [0, 0.05) is 12.7 Å². The van der Waals surface area contributed by atoms with Gasteiger partial charge in [0.05, 0.1) is 12.2 Å². The lowest BCUT2D eigenvalue weighted by Crippen LogP contribution is -2.67. The fourth-order valence-corrected chi connectivity index (χ4v) is 11.8. The molecular formula is C36H58O5Si2. The zero-order valence-corrected chi connectivity index (χ0v) is 30.8. The third-order valence-corrected chi connectivity index (χ3v) is 18.9. The van der Waals surface area contributed by atoms with E-state index in [2.05, 4.69) is 141 Å². The number of hydrogen-bond acceptors (Lipinski definition) is 5. The fraction of sp³-hybridized carbons (Fsp3) is 0.611. The Morgan fingerprint density at radius 1 is 0.814 bits per heavy atom. The second kappa shape index (κ2) is 13.8. The third-order valence-electron chi connectivity index (χ3n) is 9.32. The Morgan fingerprint density at radius 2 is 1.33 bits per heavy atom. The molecule has 2 aromatic rings. The van der Waals surface area contributed by atoms with Gasteiger partial charge in [0.25, 0.3) is 8.32 Å². The molecule has 1 N–H and O–H groups in total. The van der Waals surface area contributed by atoms with Crippen LogP contribution in [0, 0.1) is 5.92 Å². The molecule has 0 bridgehead atoms. The van der Waals surface area contributed by atoms with Crippen molar-refractivity contribution in [3.05, 3.63) is 72.8 Å². The van der Waals surface area contributed by atoms with Crippen LogP contribution in [-0.4, -0.2) is 58.6 Å². The Labute approximate surface area is 264 Å². The molecule has 0 aromatic heterocycles. The van der Waals surface area contributed by atoms with Gasteiger partial charge >= 0.3 is 0 Å². The molecule has 0 spiro atoms. The highest BCUT2D eigenvalue weighted by Crippen LogP contribution is 2.41. The van der Waals surface area contributed by atoms with Crippen molar-refractivity contribution in [3.63, 3.8) is 0 Å². The molecule has 0 aliphatic carbocycles. The van der Waals surface area contributed by atoms with Crippen LogP contribution in [0.1, 0.15) is 75.7 Å². The van der Waals surface area contributed by atoms with Crippen LogP contribution in [-0.2, 0) is 18.3 Å². The van der Waals surface area contributed by atoms with Gasteiger partial charge in [-0.25, -0.2) is 0 Å². The highest BCUT2D eigenvalue weighted by Gasteiger charge is 2.52. The first-order valence-corrected chi connectivity index (χ1v) is 20.8. The summed E-state index contributed by atoms with van der Waals surface area (Å²) in [5.41, 5.74) is 0. The first-order valence-electron chi connectivity index (χ1n) is 16.0. The van der Waals surface area contributed by atoms with Crippen molar-refractivity contribution in [2.75, 3.05) is 6.61 Å². The highest BCUT2D eigenvalue weighted by molar-refractivity contribution is 6.99. The Bertz CT molecular complexity index is 1130. The lowest BCUT2D eigenvalue weighted by Gasteiger charge is -2.45. The van der Waals surface area contributed by atoms with Crippen molar-refractivity contribution in [2.45, 2.75) is 129 Å². The van der Waals surface area contributed by atoms with Gasteiger partial charge in [-0.15, -0.1) is 0 Å². The lowest BCUT2D eigenvalue weighted by atomic mass is 10.0. The Morgan fingerprint density at radius 3 is 1.77 bits per heavy atom. The van der Waals surface area contributed by atoms with Crippen molar-refractivity contribution >= 4 is 27.0 Å². The molecule has 0 radical (unpaired) electrons. The van der Waals surface area contributed by atoms with Gasteiger partial charge in [0.2, 0.25) is 0 Å². The molecule has 1 heterocycles. The molecule has 1 fully saturated rings. The average Bonchev–Trinajstić information content (AvgIpc) is 3.22. The van der Waals surface area contributed by atoms with Crippen LogP contribution < -0.4 is 10.4 Å². The van der Waals surface area contributed by atoms with Crippen LogP contribution in [0.4, 0.5) is 0 Å². The molecule has 0 saturated carbocycles. The standard InChI is InChI=1S/C36H58O5Si2/c1-27(23-24-32(41-42(11,12)34(3,4)5)33-31(25-26-37)38-36(9,10)39-33)28(2)40-43(35(6,7)8,29-19-15-13-16-20-29)30-21-17-14-18-22-30/h13-24,27-28,31-33,37H,25-26H2,1-12H3/b24-23-/t27-,28-,31+,32?,33+/m1/s1. The van der Waals surface area contributed by atoms with Crippen molar-refractivity contribution in [1.29, 1.82) is 0 Å². The monoisotopic (exact) mass is 626 g/mol. The zero-order valence-electron chi connectivity index (χ0n) is 28.8. The van der Waals surface area contributed by atoms with E-state index in [4.69, 9.17) is 18.3 Å². The second-order valence-corrected chi connectivity index (χ2v) is 24.2. The summed E-state index contributed by atoms with van der Waals surface area (Å²) in [5, 5.41) is 12.3. The number of aliphatic hydroxyl groups is 1. The summed E-state index contributed by atoms with van der Waals surface area (Å²) < 4.78 is 27.1. The molecule has 7 heteroatoms. The van der Waals surface area contributed by atoms with E-state index in [1.807, 2.05) is 13.8 Å². The normalized spacial score (nSPS) is 22.1. The SMILES string of the molecule is C[C@H](/C=C\C(O[Si](C)(C)C(C)(C)C)[C@H]1OC(C)(C)O[C@H]1CCO)[C@@H](C)O[Si](c1ccccc1)(c1ccccc1)C(C)(C)C. The van der Waals surface area contributed by atoms with Gasteiger partial charge in [-0.1, -0.05) is 121 Å². The summed E-state index contributed by atoms with van der Waals surface area (Å²) >= 11 is 0. The van der Waals surface area contributed by atoms with E-state index in [1.54, 1.807) is 0 Å². The fourth-order valence-electron chi connectivity index (χ4n) is 5.74. The van der Waals surface area contributed by atoms with Crippen LogP contribution >= 0.6 is 0 Å². The van der Waals surface area contributed by atoms with Gasteiger partial charge in [0.1, 0.15) is 6.10 Å². The summed E-state index contributed by atoms with van der Waals surface area (Å²) in [6.45, 7) is 26.6. The first-order chi connectivity index (χ1) is 19.8. The molecule has 43 heavy (non-hydrogen) atoms. The Balaban J connectivity index is 1.99. The van der Waals surface area contributed by atoms with E-state index in [0.29, 0.717) is 6.42 Å². The van der Waals surface area contributed by atoms with Crippen molar-refractivity contribution in [3.8, 4) is 0 Å². The molecule has 5 nitrogen and oxygen atoms in total. The summed E-state index contributed by atoms with van der Waals surface area (Å²) in [7, 11) is -4.85. The quantitative estimate of drug-likeness (QED) is 0.196. The van der Waals surface area contributed by atoms with E-state index in [9.17, 15) is 5.11 Å². The summed E-state index contributed by atoms with van der Waals surface area (Å²) in [6, 6.07) is 21.6. The first kappa shape index (κ1) is 35.9. The minimum Gasteiger partial charge on any atom is -0.408 e. The number of hydrogen-bond donors (Lipinski definition) is 1.